The van der Waals surface area contributed by atoms with Crippen LogP contribution in [-0.2, 0) is 14.3 Å². The number of amides is 1. The summed E-state index contributed by atoms with van der Waals surface area (Å²) in [4.78, 5) is 27.4. The van der Waals surface area contributed by atoms with Crippen LogP contribution in [0.25, 0.3) is 11.1 Å². The summed E-state index contributed by atoms with van der Waals surface area (Å²) in [5.41, 5.74) is 2.07. The molecule has 1 saturated heterocycles. The minimum atomic E-state index is -0.457. The first-order chi connectivity index (χ1) is 14.1. The molecule has 1 aromatic heterocycles. The van der Waals surface area contributed by atoms with Crippen LogP contribution in [0.5, 0.6) is 0 Å². The summed E-state index contributed by atoms with van der Waals surface area (Å²) in [5.74, 6) is -0.136. The van der Waals surface area contributed by atoms with Gasteiger partial charge in [-0.1, -0.05) is 30.3 Å². The number of carbonyl (C=O) groups is 2. The van der Waals surface area contributed by atoms with Crippen LogP contribution in [0.2, 0.25) is 0 Å². The normalized spacial score (nSPS) is 17.6. The molecule has 2 aliphatic rings. The second-order valence-electron chi connectivity index (χ2n) is 7.56. The first-order valence-corrected chi connectivity index (χ1v) is 10.9. The van der Waals surface area contributed by atoms with E-state index < -0.39 is 5.97 Å². The number of ether oxygens (including phenoxy) is 2. The summed E-state index contributed by atoms with van der Waals surface area (Å²) in [6, 6.07) is 12.0. The van der Waals surface area contributed by atoms with Crippen LogP contribution in [0, 0.1) is 5.92 Å². The molecule has 0 bridgehead atoms. The molecule has 7 heteroatoms. The van der Waals surface area contributed by atoms with Gasteiger partial charge in [-0.3, -0.25) is 4.79 Å². The maximum Gasteiger partial charge on any atom is 0.348 e. The largest absolute Gasteiger partial charge is 0.451 e. The molecule has 1 N–H and O–H groups in total. The van der Waals surface area contributed by atoms with E-state index in [1.165, 1.54) is 11.3 Å². The monoisotopic (exact) mass is 414 g/mol. The Bertz CT molecular complexity index is 857. The highest BCUT2D eigenvalue weighted by Crippen LogP contribution is 2.39. The zero-order chi connectivity index (χ0) is 20.2. The van der Waals surface area contributed by atoms with Crippen molar-refractivity contribution in [1.29, 1.82) is 0 Å². The molecule has 154 valence electrons. The summed E-state index contributed by atoms with van der Waals surface area (Å²) >= 11 is 1.41. The van der Waals surface area contributed by atoms with Crippen LogP contribution < -0.4 is 10.2 Å². The van der Waals surface area contributed by atoms with Gasteiger partial charge in [-0.05, 0) is 37.3 Å². The van der Waals surface area contributed by atoms with Crippen LogP contribution >= 0.6 is 11.3 Å². The predicted octanol–water partition coefficient (Wildman–Crippen LogP) is 3.32. The zero-order valence-electron chi connectivity index (χ0n) is 16.6. The number of carbonyl (C=O) groups excluding carboxylic acids is 2. The molecule has 2 fully saturated rings. The molecule has 1 aromatic carbocycles. The lowest BCUT2D eigenvalue weighted by Crippen LogP contribution is -2.37. The van der Waals surface area contributed by atoms with Crippen LogP contribution in [0.3, 0.4) is 0 Å². The van der Waals surface area contributed by atoms with Crippen molar-refractivity contribution in [3.8, 4) is 11.1 Å². The van der Waals surface area contributed by atoms with Crippen molar-refractivity contribution in [2.24, 2.45) is 5.92 Å². The molecule has 2 heterocycles. The maximum atomic E-state index is 12.6. The lowest BCUT2D eigenvalue weighted by Gasteiger charge is -2.28. The number of esters is 1. The quantitative estimate of drug-likeness (QED) is 0.704. The number of rotatable bonds is 7. The highest BCUT2D eigenvalue weighted by atomic mass is 32.1. The number of nitrogens with zero attached hydrogens (tertiary/aromatic N) is 1. The summed E-state index contributed by atoms with van der Waals surface area (Å²) in [5, 5.41) is 3.95. The van der Waals surface area contributed by atoms with Gasteiger partial charge in [0, 0.05) is 24.7 Å². The molecule has 0 radical (unpaired) electrons. The Hall–Kier alpha value is -2.38. The second-order valence-corrected chi connectivity index (χ2v) is 8.60. The molecule has 4 rings (SSSR count). The Morgan fingerprint density at radius 3 is 2.66 bits per heavy atom. The van der Waals surface area contributed by atoms with Crippen molar-refractivity contribution in [3.05, 3.63) is 41.3 Å². The van der Waals surface area contributed by atoms with Gasteiger partial charge in [-0.15, -0.1) is 11.3 Å². The fraction of sp³-hybridized carbons (Fsp3) is 0.455. The van der Waals surface area contributed by atoms with Crippen LogP contribution in [0.1, 0.15) is 29.4 Å². The van der Waals surface area contributed by atoms with Gasteiger partial charge in [0.05, 0.1) is 18.2 Å². The van der Waals surface area contributed by atoms with E-state index in [1.54, 1.807) is 0 Å². The van der Waals surface area contributed by atoms with Crippen molar-refractivity contribution >= 4 is 28.2 Å². The van der Waals surface area contributed by atoms with Crippen LogP contribution in [0.15, 0.2) is 36.4 Å². The standard InChI is InChI=1S/C22H26N2O4S/c1-15(16-7-8-16)23-20(25)14-28-22(26)19-13-18(17-5-3-2-4-6-17)21(29-19)24-9-11-27-12-10-24/h2-6,13,15-16H,7-12,14H2,1H3,(H,23,25)/t15-/m1/s1. The van der Waals surface area contributed by atoms with Crippen molar-refractivity contribution in [2.45, 2.75) is 25.8 Å². The Morgan fingerprint density at radius 1 is 1.24 bits per heavy atom. The maximum absolute atomic E-state index is 12.6. The van der Waals surface area contributed by atoms with E-state index in [0.29, 0.717) is 24.0 Å². The number of benzene rings is 1. The molecule has 0 spiro atoms. The van der Waals surface area contributed by atoms with E-state index in [-0.39, 0.29) is 18.6 Å². The SMILES string of the molecule is C[C@@H](NC(=O)COC(=O)c1cc(-c2ccccc2)c(N2CCOCC2)s1)C1CC1. The third-order valence-corrected chi connectivity index (χ3v) is 6.52. The lowest BCUT2D eigenvalue weighted by molar-refractivity contribution is -0.124. The lowest BCUT2D eigenvalue weighted by atomic mass is 10.1. The molecule has 1 saturated carbocycles. The van der Waals surface area contributed by atoms with Gasteiger partial charge in [0.1, 0.15) is 4.88 Å². The molecule has 1 aliphatic heterocycles. The topological polar surface area (TPSA) is 67.9 Å². The summed E-state index contributed by atoms with van der Waals surface area (Å²) < 4.78 is 10.8. The van der Waals surface area contributed by atoms with Crippen molar-refractivity contribution in [1.82, 2.24) is 5.32 Å². The van der Waals surface area contributed by atoms with Crippen molar-refractivity contribution in [2.75, 3.05) is 37.8 Å². The molecule has 2 aromatic rings. The average Bonchev–Trinajstić information content (AvgIpc) is 3.51. The number of thiophene rings is 1. The van der Waals surface area contributed by atoms with Gasteiger partial charge in [0.2, 0.25) is 0 Å². The van der Waals surface area contributed by atoms with E-state index >= 15 is 0 Å². The number of hydrogen-bond donors (Lipinski definition) is 1. The van der Waals surface area contributed by atoms with Crippen LogP contribution in [0.4, 0.5) is 5.00 Å². The summed E-state index contributed by atoms with van der Waals surface area (Å²) in [6.07, 6.45) is 2.31. The van der Waals surface area contributed by atoms with Crippen molar-refractivity contribution < 1.29 is 19.1 Å². The fourth-order valence-electron chi connectivity index (χ4n) is 3.52. The van der Waals surface area contributed by atoms with Gasteiger partial charge in [-0.2, -0.15) is 0 Å². The van der Waals surface area contributed by atoms with Gasteiger partial charge in [-0.25, -0.2) is 4.79 Å². The molecule has 1 amide bonds. The molecule has 0 unspecified atom stereocenters. The van der Waals surface area contributed by atoms with Gasteiger partial charge < -0.3 is 19.7 Å². The number of anilines is 1. The molecule has 1 atom stereocenters. The van der Waals surface area contributed by atoms with E-state index in [4.69, 9.17) is 9.47 Å². The molecule has 29 heavy (non-hydrogen) atoms. The summed E-state index contributed by atoms with van der Waals surface area (Å²) in [7, 11) is 0. The van der Waals surface area contributed by atoms with Gasteiger partial charge in [0.25, 0.3) is 5.91 Å². The predicted molar refractivity (Wildman–Crippen MR) is 113 cm³/mol. The van der Waals surface area contributed by atoms with Crippen LogP contribution in [-0.4, -0.2) is 50.8 Å². The van der Waals surface area contributed by atoms with E-state index in [1.807, 2.05) is 43.3 Å². The number of morpholine rings is 1. The Morgan fingerprint density at radius 2 is 1.97 bits per heavy atom. The highest BCUT2D eigenvalue weighted by Gasteiger charge is 2.29. The van der Waals surface area contributed by atoms with Gasteiger partial charge in [0.15, 0.2) is 6.61 Å². The van der Waals surface area contributed by atoms with Crippen molar-refractivity contribution in [3.63, 3.8) is 0 Å². The first-order valence-electron chi connectivity index (χ1n) is 10.1. The Balaban J connectivity index is 1.47. The zero-order valence-corrected chi connectivity index (χ0v) is 17.4. The minimum absolute atomic E-state index is 0.139. The Labute approximate surface area is 174 Å². The molecule has 6 nitrogen and oxygen atoms in total. The second kappa shape index (κ2) is 8.97. The highest BCUT2D eigenvalue weighted by molar-refractivity contribution is 7.18. The number of hydrogen-bond acceptors (Lipinski definition) is 6. The molecular weight excluding hydrogens is 388 g/mol. The van der Waals surface area contributed by atoms with E-state index in [9.17, 15) is 9.59 Å². The first kappa shape index (κ1) is 19.9. The smallest absolute Gasteiger partial charge is 0.348 e. The Kier molecular flexibility index (Phi) is 6.16. The molecule has 1 aliphatic carbocycles. The van der Waals surface area contributed by atoms with Gasteiger partial charge >= 0.3 is 5.97 Å². The number of nitrogens with one attached hydrogen (secondary N) is 1. The fourth-order valence-corrected chi connectivity index (χ4v) is 4.65. The minimum Gasteiger partial charge on any atom is -0.451 e. The van der Waals surface area contributed by atoms with E-state index in [0.717, 1.165) is 42.1 Å². The van der Waals surface area contributed by atoms with E-state index in [2.05, 4.69) is 10.2 Å². The third kappa shape index (κ3) is 4.97. The third-order valence-electron chi connectivity index (χ3n) is 5.35. The summed E-state index contributed by atoms with van der Waals surface area (Å²) in [6.45, 7) is 4.67. The average molecular weight is 415 g/mol. The molecular formula is C22H26N2O4S.